The highest BCUT2D eigenvalue weighted by atomic mass is 35.5. The van der Waals surface area contributed by atoms with Crippen LogP contribution in [-0.4, -0.2) is 24.6 Å². The third-order valence-electron chi connectivity index (χ3n) is 4.32. The van der Waals surface area contributed by atoms with Gasteiger partial charge in [0.15, 0.2) is 9.84 Å². The fourth-order valence-electron chi connectivity index (χ4n) is 3.01. The lowest BCUT2D eigenvalue weighted by Gasteiger charge is -2.07. The van der Waals surface area contributed by atoms with E-state index in [0.717, 1.165) is 16.6 Å². The molecule has 3 aromatic carbocycles. The Morgan fingerprint density at radius 3 is 2.54 bits per heavy atom. The summed E-state index contributed by atoms with van der Waals surface area (Å²) in [6, 6.07) is 19.7. The summed E-state index contributed by atoms with van der Waals surface area (Å²) in [6.07, 6.45) is 1.22. The first-order valence-corrected chi connectivity index (χ1v) is 10.8. The highest BCUT2D eigenvalue weighted by molar-refractivity contribution is 7.90. The van der Waals surface area contributed by atoms with E-state index in [4.69, 9.17) is 16.3 Å². The molecule has 28 heavy (non-hydrogen) atoms. The van der Waals surface area contributed by atoms with Crippen molar-refractivity contribution < 1.29 is 13.2 Å². The van der Waals surface area contributed by atoms with Gasteiger partial charge in [0.1, 0.15) is 18.2 Å². The van der Waals surface area contributed by atoms with Crippen LogP contribution in [0.5, 0.6) is 5.75 Å². The zero-order valence-electron chi connectivity index (χ0n) is 15.0. The van der Waals surface area contributed by atoms with Crippen LogP contribution in [0.3, 0.4) is 0 Å². The van der Waals surface area contributed by atoms with E-state index in [9.17, 15) is 8.42 Å². The van der Waals surface area contributed by atoms with Crippen molar-refractivity contribution in [2.45, 2.75) is 11.5 Å². The molecule has 0 amide bonds. The maximum absolute atomic E-state index is 12.1. The molecule has 0 saturated carbocycles. The SMILES string of the molecule is CS(=O)(=O)c1ccccc1-c1ccc2nc(COc3ccc(Cl)cc3)[nH]c2c1. The third-order valence-corrected chi connectivity index (χ3v) is 5.72. The minimum atomic E-state index is -3.33. The van der Waals surface area contributed by atoms with E-state index >= 15 is 0 Å². The van der Waals surface area contributed by atoms with Gasteiger partial charge < -0.3 is 9.72 Å². The topological polar surface area (TPSA) is 72.1 Å². The molecule has 0 spiro atoms. The molecule has 0 saturated heterocycles. The molecule has 0 atom stereocenters. The van der Waals surface area contributed by atoms with E-state index in [1.165, 1.54) is 6.26 Å². The average molecular weight is 413 g/mol. The zero-order chi connectivity index (χ0) is 19.7. The van der Waals surface area contributed by atoms with Gasteiger partial charge in [0.25, 0.3) is 0 Å². The van der Waals surface area contributed by atoms with Crippen molar-refractivity contribution in [1.82, 2.24) is 9.97 Å². The summed E-state index contributed by atoms with van der Waals surface area (Å²) >= 11 is 5.88. The largest absolute Gasteiger partial charge is 0.486 e. The molecule has 1 heterocycles. The Bertz CT molecular complexity index is 1250. The normalized spacial score (nSPS) is 11.6. The van der Waals surface area contributed by atoms with Crippen LogP contribution in [0.4, 0.5) is 0 Å². The lowest BCUT2D eigenvalue weighted by atomic mass is 10.1. The van der Waals surface area contributed by atoms with Crippen molar-refractivity contribution in [1.29, 1.82) is 0 Å². The number of aromatic amines is 1. The lowest BCUT2D eigenvalue weighted by molar-refractivity contribution is 0.297. The molecule has 0 aliphatic rings. The number of nitrogens with zero attached hydrogens (tertiary/aromatic N) is 1. The summed E-state index contributed by atoms with van der Waals surface area (Å²) in [7, 11) is -3.33. The second-order valence-corrected chi connectivity index (χ2v) is 8.85. The Labute approximate surface area is 167 Å². The smallest absolute Gasteiger partial charge is 0.176 e. The molecule has 1 aromatic heterocycles. The molecule has 1 N–H and O–H groups in total. The number of rotatable bonds is 5. The predicted molar refractivity (Wildman–Crippen MR) is 110 cm³/mol. The highest BCUT2D eigenvalue weighted by Gasteiger charge is 2.15. The molecule has 0 radical (unpaired) electrons. The van der Waals surface area contributed by atoms with Crippen LogP contribution in [-0.2, 0) is 16.4 Å². The van der Waals surface area contributed by atoms with Crippen molar-refractivity contribution in [2.75, 3.05) is 6.26 Å². The molecule has 4 aromatic rings. The second-order valence-electron chi connectivity index (χ2n) is 6.43. The molecule has 0 unspecified atom stereocenters. The van der Waals surface area contributed by atoms with Crippen LogP contribution in [0, 0.1) is 0 Å². The van der Waals surface area contributed by atoms with Gasteiger partial charge >= 0.3 is 0 Å². The molecule has 4 rings (SSSR count). The summed E-state index contributed by atoms with van der Waals surface area (Å²) in [5.74, 6) is 1.38. The summed E-state index contributed by atoms with van der Waals surface area (Å²) in [6.45, 7) is 0.283. The Balaban J connectivity index is 1.63. The van der Waals surface area contributed by atoms with Gasteiger partial charge in [-0.2, -0.15) is 0 Å². The van der Waals surface area contributed by atoms with Gasteiger partial charge in [-0.25, -0.2) is 13.4 Å². The van der Waals surface area contributed by atoms with Gasteiger partial charge in [0.05, 0.1) is 15.9 Å². The minimum absolute atomic E-state index is 0.283. The van der Waals surface area contributed by atoms with Crippen molar-refractivity contribution in [3.8, 4) is 16.9 Å². The number of halogens is 1. The van der Waals surface area contributed by atoms with Crippen LogP contribution in [0.1, 0.15) is 5.82 Å². The number of ether oxygens (including phenoxy) is 1. The lowest BCUT2D eigenvalue weighted by Crippen LogP contribution is -1.99. The summed E-state index contributed by atoms with van der Waals surface area (Å²) < 4.78 is 29.9. The molecule has 5 nitrogen and oxygen atoms in total. The predicted octanol–water partition coefficient (Wildman–Crippen LogP) is 4.87. The van der Waals surface area contributed by atoms with Gasteiger partial charge in [0, 0.05) is 16.8 Å². The van der Waals surface area contributed by atoms with E-state index in [0.29, 0.717) is 27.1 Å². The molecular weight excluding hydrogens is 396 g/mol. The Hall–Kier alpha value is -2.83. The number of sulfone groups is 1. The maximum atomic E-state index is 12.1. The Morgan fingerprint density at radius 2 is 1.79 bits per heavy atom. The van der Waals surface area contributed by atoms with Gasteiger partial charge in [-0.15, -0.1) is 0 Å². The highest BCUT2D eigenvalue weighted by Crippen LogP contribution is 2.29. The zero-order valence-corrected chi connectivity index (χ0v) is 16.6. The first-order chi connectivity index (χ1) is 13.4. The number of fused-ring (bicyclic) bond motifs is 1. The molecule has 0 fully saturated rings. The molecule has 0 bridgehead atoms. The summed E-state index contributed by atoms with van der Waals surface area (Å²) in [4.78, 5) is 8.07. The first kappa shape index (κ1) is 18.5. The molecule has 7 heteroatoms. The van der Waals surface area contributed by atoms with Gasteiger partial charge in [-0.1, -0.05) is 35.9 Å². The molecule has 142 valence electrons. The number of hydrogen-bond acceptors (Lipinski definition) is 4. The van der Waals surface area contributed by atoms with Crippen molar-refractivity contribution in [2.24, 2.45) is 0 Å². The van der Waals surface area contributed by atoms with E-state index in [2.05, 4.69) is 9.97 Å². The molecular formula is C21H17ClN2O3S. The van der Waals surface area contributed by atoms with Gasteiger partial charge in [0.2, 0.25) is 0 Å². The number of aromatic nitrogens is 2. The van der Waals surface area contributed by atoms with Gasteiger partial charge in [-0.05, 0) is 48.0 Å². The van der Waals surface area contributed by atoms with Crippen molar-refractivity contribution in [3.63, 3.8) is 0 Å². The number of nitrogens with one attached hydrogen (secondary N) is 1. The number of H-pyrrole nitrogens is 1. The van der Waals surface area contributed by atoms with E-state index in [1.54, 1.807) is 42.5 Å². The minimum Gasteiger partial charge on any atom is -0.486 e. The number of imidazole rings is 1. The van der Waals surface area contributed by atoms with E-state index in [-0.39, 0.29) is 6.61 Å². The van der Waals surface area contributed by atoms with E-state index in [1.807, 2.05) is 24.3 Å². The quantitative estimate of drug-likeness (QED) is 0.507. The molecule has 0 aliphatic heterocycles. The molecule has 0 aliphatic carbocycles. The van der Waals surface area contributed by atoms with Gasteiger partial charge in [-0.3, -0.25) is 0 Å². The second kappa shape index (κ2) is 7.30. The van der Waals surface area contributed by atoms with Crippen LogP contribution in [0.15, 0.2) is 71.6 Å². The first-order valence-electron chi connectivity index (χ1n) is 8.57. The average Bonchev–Trinajstić information content (AvgIpc) is 3.09. The Kier molecular flexibility index (Phi) is 4.83. The fraction of sp³-hybridized carbons (Fsp3) is 0.0952. The van der Waals surface area contributed by atoms with E-state index < -0.39 is 9.84 Å². The standard InChI is InChI=1S/C21H17ClN2O3S/c1-28(25,26)20-5-3-2-4-17(20)14-6-11-18-19(12-14)24-21(23-18)13-27-16-9-7-15(22)8-10-16/h2-12H,13H2,1H3,(H,23,24). The maximum Gasteiger partial charge on any atom is 0.176 e. The van der Waals surface area contributed by atoms with Crippen molar-refractivity contribution in [3.05, 3.63) is 77.6 Å². The summed E-state index contributed by atoms with van der Waals surface area (Å²) in [5.41, 5.74) is 3.08. The number of hydrogen-bond donors (Lipinski definition) is 1. The van der Waals surface area contributed by atoms with Crippen LogP contribution < -0.4 is 4.74 Å². The summed E-state index contributed by atoms with van der Waals surface area (Å²) in [5, 5.41) is 0.651. The van der Waals surface area contributed by atoms with Crippen molar-refractivity contribution >= 4 is 32.5 Å². The van der Waals surface area contributed by atoms with Crippen LogP contribution in [0.2, 0.25) is 5.02 Å². The van der Waals surface area contributed by atoms with Crippen LogP contribution >= 0.6 is 11.6 Å². The third kappa shape index (κ3) is 3.88. The number of benzene rings is 3. The monoisotopic (exact) mass is 412 g/mol. The fourth-order valence-corrected chi connectivity index (χ4v) is 4.05. The Morgan fingerprint density at radius 1 is 1.04 bits per heavy atom. The van der Waals surface area contributed by atoms with Crippen LogP contribution in [0.25, 0.3) is 22.2 Å².